The highest BCUT2D eigenvalue weighted by Gasteiger charge is 2.22. The fraction of sp³-hybridized carbons (Fsp3) is 0.364. The highest BCUT2D eigenvalue weighted by molar-refractivity contribution is 7.18. The minimum Gasteiger partial charge on any atom is -0.353 e. The molecule has 3 rings (SSSR count). The van der Waals surface area contributed by atoms with Gasteiger partial charge in [-0.3, -0.25) is 4.79 Å². The summed E-state index contributed by atoms with van der Waals surface area (Å²) in [5.74, 6) is 0.0588. The smallest absolute Gasteiger partial charge is 0.237 e. The van der Waals surface area contributed by atoms with E-state index in [-0.39, 0.29) is 11.9 Å². The zero-order valence-electron chi connectivity index (χ0n) is 9.14. The van der Waals surface area contributed by atoms with Crippen LogP contribution in [0.3, 0.4) is 0 Å². The predicted octanol–water partition coefficient (Wildman–Crippen LogP) is 0.322. The van der Waals surface area contributed by atoms with Gasteiger partial charge in [0.2, 0.25) is 5.91 Å². The largest absolute Gasteiger partial charge is 0.353 e. The van der Waals surface area contributed by atoms with E-state index in [9.17, 15) is 4.79 Å². The molecule has 6 heteroatoms. The Balaban J connectivity index is 1.82. The number of nitrogens with one attached hydrogen (secondary N) is 2. The van der Waals surface area contributed by atoms with Crippen LogP contribution in [0.1, 0.15) is 5.01 Å². The lowest BCUT2D eigenvalue weighted by atomic mass is 10.1. The van der Waals surface area contributed by atoms with Gasteiger partial charge in [0.1, 0.15) is 10.3 Å². The molecule has 0 aromatic carbocycles. The number of nitrogens with zero attached hydrogens (tertiary/aromatic N) is 2. The van der Waals surface area contributed by atoms with E-state index in [1.807, 2.05) is 12.1 Å². The van der Waals surface area contributed by atoms with Crippen LogP contribution in [0, 0.1) is 0 Å². The van der Waals surface area contributed by atoms with Gasteiger partial charge in [-0.15, -0.1) is 0 Å². The summed E-state index contributed by atoms with van der Waals surface area (Å²) in [7, 11) is 0. The Bertz CT molecular complexity index is 520. The maximum atomic E-state index is 11.6. The Morgan fingerprint density at radius 2 is 2.41 bits per heavy atom. The predicted molar refractivity (Wildman–Crippen MR) is 65.9 cm³/mol. The third kappa shape index (κ3) is 2.13. The second kappa shape index (κ2) is 4.38. The molecular formula is C11H12N4OS. The van der Waals surface area contributed by atoms with Gasteiger partial charge in [-0.05, 0) is 12.1 Å². The first-order valence-corrected chi connectivity index (χ1v) is 6.36. The number of aromatic nitrogens is 2. The molecule has 0 radical (unpaired) electrons. The van der Waals surface area contributed by atoms with Gasteiger partial charge in [0.25, 0.3) is 0 Å². The Labute approximate surface area is 102 Å². The molecule has 1 amide bonds. The van der Waals surface area contributed by atoms with Gasteiger partial charge >= 0.3 is 0 Å². The van der Waals surface area contributed by atoms with E-state index >= 15 is 0 Å². The number of carbonyl (C=O) groups is 1. The van der Waals surface area contributed by atoms with Gasteiger partial charge in [0.15, 0.2) is 0 Å². The lowest BCUT2D eigenvalue weighted by Crippen LogP contribution is -2.53. The molecule has 1 aliphatic heterocycles. The Morgan fingerprint density at radius 3 is 3.24 bits per heavy atom. The molecule has 0 spiro atoms. The third-order valence-corrected chi connectivity index (χ3v) is 3.72. The lowest BCUT2D eigenvalue weighted by molar-refractivity contribution is -0.124. The minimum atomic E-state index is -0.163. The van der Waals surface area contributed by atoms with Gasteiger partial charge < -0.3 is 10.6 Å². The molecule has 0 bridgehead atoms. The molecule has 5 nitrogen and oxygen atoms in total. The summed E-state index contributed by atoms with van der Waals surface area (Å²) in [5, 5.41) is 6.99. The average molecular weight is 248 g/mol. The molecule has 1 unspecified atom stereocenters. The van der Waals surface area contributed by atoms with E-state index in [1.54, 1.807) is 17.5 Å². The van der Waals surface area contributed by atoms with Crippen LogP contribution in [0.4, 0.5) is 0 Å². The molecule has 1 aliphatic rings. The summed E-state index contributed by atoms with van der Waals surface area (Å²) in [6.07, 6.45) is 2.39. The molecular weight excluding hydrogens is 236 g/mol. The van der Waals surface area contributed by atoms with E-state index in [1.165, 1.54) is 0 Å². The van der Waals surface area contributed by atoms with Crippen LogP contribution in [0.15, 0.2) is 18.3 Å². The average Bonchev–Trinajstić information content (AvgIpc) is 2.74. The minimum absolute atomic E-state index is 0.0588. The van der Waals surface area contributed by atoms with Crippen LogP contribution in [0.2, 0.25) is 0 Å². The number of amides is 1. The van der Waals surface area contributed by atoms with Crippen molar-refractivity contribution in [2.45, 2.75) is 12.5 Å². The van der Waals surface area contributed by atoms with Gasteiger partial charge in [0, 0.05) is 25.7 Å². The van der Waals surface area contributed by atoms with Crippen LogP contribution in [-0.2, 0) is 11.2 Å². The first kappa shape index (κ1) is 10.6. The van der Waals surface area contributed by atoms with E-state index < -0.39 is 0 Å². The van der Waals surface area contributed by atoms with Crippen molar-refractivity contribution in [2.75, 3.05) is 13.1 Å². The van der Waals surface area contributed by atoms with Gasteiger partial charge in [-0.25, -0.2) is 9.97 Å². The van der Waals surface area contributed by atoms with Crippen molar-refractivity contribution >= 4 is 27.6 Å². The third-order valence-electron chi connectivity index (χ3n) is 2.72. The molecule has 88 valence electrons. The van der Waals surface area contributed by atoms with Crippen LogP contribution >= 0.6 is 11.3 Å². The number of piperazine rings is 1. The summed E-state index contributed by atoms with van der Waals surface area (Å²) in [6, 6.07) is 3.65. The highest BCUT2D eigenvalue weighted by atomic mass is 32.1. The summed E-state index contributed by atoms with van der Waals surface area (Å²) < 4.78 is 0. The standard InChI is InChI=1S/C11H12N4OS/c16-10-8(12-4-5-13-10)6-9-15-7-2-1-3-14-11(7)17-9/h1-3,8,12H,4-6H2,(H,13,16). The summed E-state index contributed by atoms with van der Waals surface area (Å²) >= 11 is 1.55. The molecule has 0 aliphatic carbocycles. The molecule has 3 heterocycles. The van der Waals surface area contributed by atoms with Crippen LogP contribution in [0.25, 0.3) is 10.3 Å². The number of thiazole rings is 1. The zero-order chi connectivity index (χ0) is 11.7. The van der Waals surface area contributed by atoms with Gasteiger partial charge in [0.05, 0.1) is 11.0 Å². The fourth-order valence-electron chi connectivity index (χ4n) is 1.89. The maximum absolute atomic E-state index is 11.6. The molecule has 1 atom stereocenters. The Morgan fingerprint density at radius 1 is 1.47 bits per heavy atom. The molecule has 2 aromatic heterocycles. The fourth-order valence-corrected chi connectivity index (χ4v) is 2.84. The maximum Gasteiger partial charge on any atom is 0.237 e. The first-order valence-electron chi connectivity index (χ1n) is 5.54. The SMILES string of the molecule is O=C1NCCNC1Cc1nc2cccnc2s1. The number of fused-ring (bicyclic) bond motifs is 1. The van der Waals surface area contributed by atoms with E-state index in [2.05, 4.69) is 20.6 Å². The number of hydrogen-bond donors (Lipinski definition) is 2. The van der Waals surface area contributed by atoms with Crippen molar-refractivity contribution in [1.82, 2.24) is 20.6 Å². The van der Waals surface area contributed by atoms with Crippen molar-refractivity contribution in [3.63, 3.8) is 0 Å². The summed E-state index contributed by atoms with van der Waals surface area (Å²) in [5.41, 5.74) is 0.906. The number of hydrogen-bond acceptors (Lipinski definition) is 5. The van der Waals surface area contributed by atoms with Gasteiger partial charge in [-0.2, -0.15) is 0 Å². The Hall–Kier alpha value is -1.53. The highest BCUT2D eigenvalue weighted by Crippen LogP contribution is 2.20. The lowest BCUT2D eigenvalue weighted by Gasteiger charge is -2.22. The number of rotatable bonds is 2. The second-order valence-electron chi connectivity index (χ2n) is 3.94. The molecule has 1 saturated heterocycles. The zero-order valence-corrected chi connectivity index (χ0v) is 9.96. The topological polar surface area (TPSA) is 66.9 Å². The van der Waals surface area contributed by atoms with Crippen molar-refractivity contribution in [2.24, 2.45) is 0 Å². The summed E-state index contributed by atoms with van der Waals surface area (Å²) in [4.78, 5) is 21.3. The second-order valence-corrected chi connectivity index (χ2v) is 5.00. The molecule has 1 fully saturated rings. The van der Waals surface area contributed by atoms with Crippen LogP contribution in [-0.4, -0.2) is 35.0 Å². The molecule has 0 saturated carbocycles. The molecule has 2 N–H and O–H groups in total. The van der Waals surface area contributed by atoms with Crippen LogP contribution in [0.5, 0.6) is 0 Å². The summed E-state index contributed by atoms with van der Waals surface area (Å²) in [6.45, 7) is 1.52. The normalized spacial score (nSPS) is 20.5. The van der Waals surface area contributed by atoms with E-state index in [4.69, 9.17) is 0 Å². The molecule has 17 heavy (non-hydrogen) atoms. The van der Waals surface area contributed by atoms with Crippen molar-refractivity contribution in [1.29, 1.82) is 0 Å². The first-order chi connectivity index (χ1) is 8.33. The van der Waals surface area contributed by atoms with Crippen LogP contribution < -0.4 is 10.6 Å². The quantitative estimate of drug-likeness (QED) is 0.803. The number of carbonyl (C=O) groups excluding carboxylic acids is 1. The Kier molecular flexibility index (Phi) is 2.74. The van der Waals surface area contributed by atoms with Crippen molar-refractivity contribution < 1.29 is 4.79 Å². The van der Waals surface area contributed by atoms with Crippen molar-refractivity contribution in [3.05, 3.63) is 23.3 Å². The monoisotopic (exact) mass is 248 g/mol. The van der Waals surface area contributed by atoms with E-state index in [0.29, 0.717) is 13.0 Å². The number of pyridine rings is 1. The van der Waals surface area contributed by atoms with Crippen molar-refractivity contribution in [3.8, 4) is 0 Å². The molecule has 2 aromatic rings. The van der Waals surface area contributed by atoms with Gasteiger partial charge in [-0.1, -0.05) is 11.3 Å². The van der Waals surface area contributed by atoms with E-state index in [0.717, 1.165) is 21.9 Å².